The van der Waals surface area contributed by atoms with E-state index in [4.69, 9.17) is 9.73 Å². The summed E-state index contributed by atoms with van der Waals surface area (Å²) in [5.74, 6) is 1.000. The zero-order chi connectivity index (χ0) is 16.7. The molecule has 138 valence electrons. The molecule has 0 spiro atoms. The van der Waals surface area contributed by atoms with Crippen molar-refractivity contribution >= 4 is 57.2 Å². The second kappa shape index (κ2) is 11.0. The fourth-order valence-electron chi connectivity index (χ4n) is 2.55. The van der Waals surface area contributed by atoms with Gasteiger partial charge < -0.3 is 15.0 Å². The quantitative estimate of drug-likeness (QED) is 0.217. The molecule has 1 saturated carbocycles. The molecule has 0 atom stereocenters. The maximum absolute atomic E-state index is 5.51. The minimum absolute atomic E-state index is 0. The molecule has 1 aliphatic rings. The molecular formula is C17H29BrIN3OS. The Kier molecular flexibility index (Phi) is 10.1. The molecule has 0 radical (unpaired) electrons. The SMILES string of the molecule is CCNC(=NCC1(CCOCC)CC1)N(C)Cc1ccc(Br)s1.I. The third-order valence-electron chi connectivity index (χ3n) is 4.22. The van der Waals surface area contributed by atoms with Crippen molar-refractivity contribution in [2.24, 2.45) is 10.4 Å². The summed E-state index contributed by atoms with van der Waals surface area (Å²) in [5, 5.41) is 3.41. The molecule has 0 bridgehead atoms. The van der Waals surface area contributed by atoms with Crippen molar-refractivity contribution in [2.45, 2.75) is 39.7 Å². The summed E-state index contributed by atoms with van der Waals surface area (Å²) in [6.45, 7) is 8.52. The summed E-state index contributed by atoms with van der Waals surface area (Å²) < 4.78 is 6.69. The third kappa shape index (κ3) is 7.17. The maximum atomic E-state index is 5.51. The van der Waals surface area contributed by atoms with Crippen LogP contribution in [0.15, 0.2) is 20.9 Å². The number of hydrogen-bond acceptors (Lipinski definition) is 3. The summed E-state index contributed by atoms with van der Waals surface area (Å²) >= 11 is 5.30. The highest BCUT2D eigenvalue weighted by Crippen LogP contribution is 2.49. The van der Waals surface area contributed by atoms with Crippen molar-refractivity contribution in [3.8, 4) is 0 Å². The van der Waals surface area contributed by atoms with Crippen LogP contribution in [-0.4, -0.2) is 44.2 Å². The Labute approximate surface area is 175 Å². The van der Waals surface area contributed by atoms with E-state index in [1.807, 2.05) is 0 Å². The van der Waals surface area contributed by atoms with Crippen LogP contribution in [0.1, 0.15) is 38.0 Å². The number of aliphatic imine (C=N–C) groups is 1. The van der Waals surface area contributed by atoms with Crippen LogP contribution in [0.5, 0.6) is 0 Å². The van der Waals surface area contributed by atoms with Crippen LogP contribution in [0.4, 0.5) is 0 Å². The first kappa shape index (κ1) is 22.2. The van der Waals surface area contributed by atoms with Gasteiger partial charge in [-0.15, -0.1) is 35.3 Å². The van der Waals surface area contributed by atoms with Crippen LogP contribution in [0, 0.1) is 5.41 Å². The summed E-state index contributed by atoms with van der Waals surface area (Å²) in [7, 11) is 2.11. The standard InChI is InChI=1S/C17H28BrN3OS.HI/c1-4-19-16(21(3)12-14-6-7-15(18)23-14)20-13-17(8-9-17)10-11-22-5-2;/h6-7H,4-5,8-13H2,1-3H3,(H,19,20);1H. The predicted molar refractivity (Wildman–Crippen MR) is 118 cm³/mol. The Morgan fingerprint density at radius 1 is 1.42 bits per heavy atom. The Bertz CT molecular complexity index is 520. The van der Waals surface area contributed by atoms with Crippen molar-refractivity contribution in [2.75, 3.05) is 33.4 Å². The van der Waals surface area contributed by atoms with E-state index in [2.05, 4.69) is 59.2 Å². The summed E-state index contributed by atoms with van der Waals surface area (Å²) in [5.41, 5.74) is 0.392. The van der Waals surface area contributed by atoms with Gasteiger partial charge in [0.2, 0.25) is 0 Å². The van der Waals surface area contributed by atoms with Crippen molar-refractivity contribution in [3.63, 3.8) is 0 Å². The van der Waals surface area contributed by atoms with E-state index < -0.39 is 0 Å². The molecule has 24 heavy (non-hydrogen) atoms. The van der Waals surface area contributed by atoms with Gasteiger partial charge in [-0.2, -0.15) is 0 Å². The van der Waals surface area contributed by atoms with Crippen LogP contribution in [-0.2, 0) is 11.3 Å². The average Bonchev–Trinajstić information content (AvgIpc) is 3.18. The molecule has 0 amide bonds. The van der Waals surface area contributed by atoms with Gasteiger partial charge in [0.15, 0.2) is 5.96 Å². The van der Waals surface area contributed by atoms with E-state index in [9.17, 15) is 0 Å². The number of halogens is 2. The number of ether oxygens (including phenoxy) is 1. The number of guanidine groups is 1. The smallest absolute Gasteiger partial charge is 0.194 e. The van der Waals surface area contributed by atoms with Crippen LogP contribution < -0.4 is 5.32 Å². The molecule has 1 aromatic heterocycles. The molecule has 1 heterocycles. The number of thiophene rings is 1. The molecule has 2 rings (SSSR count). The van der Waals surface area contributed by atoms with E-state index in [-0.39, 0.29) is 24.0 Å². The molecule has 0 unspecified atom stereocenters. The molecule has 1 fully saturated rings. The van der Waals surface area contributed by atoms with Gasteiger partial charge in [-0.05, 0) is 66.6 Å². The first-order chi connectivity index (χ1) is 11.1. The van der Waals surface area contributed by atoms with Crippen molar-refractivity contribution in [3.05, 3.63) is 20.8 Å². The van der Waals surface area contributed by atoms with Gasteiger partial charge in [0.05, 0.1) is 10.3 Å². The Balaban J connectivity index is 0.00000288. The van der Waals surface area contributed by atoms with Crippen molar-refractivity contribution in [1.29, 1.82) is 0 Å². The van der Waals surface area contributed by atoms with Gasteiger partial charge in [-0.3, -0.25) is 4.99 Å². The fourth-order valence-corrected chi connectivity index (χ4v) is 4.09. The van der Waals surface area contributed by atoms with Crippen LogP contribution in [0.2, 0.25) is 0 Å². The molecule has 0 aromatic carbocycles. The summed E-state index contributed by atoms with van der Waals surface area (Å²) in [6, 6.07) is 4.27. The number of nitrogens with one attached hydrogen (secondary N) is 1. The van der Waals surface area contributed by atoms with Crippen LogP contribution in [0.25, 0.3) is 0 Å². The molecular weight excluding hydrogens is 501 g/mol. The van der Waals surface area contributed by atoms with Crippen LogP contribution >= 0.6 is 51.2 Å². The van der Waals surface area contributed by atoms with E-state index in [1.54, 1.807) is 11.3 Å². The molecule has 7 heteroatoms. The largest absolute Gasteiger partial charge is 0.382 e. The van der Waals surface area contributed by atoms with Gasteiger partial charge >= 0.3 is 0 Å². The first-order valence-electron chi connectivity index (χ1n) is 8.40. The lowest BCUT2D eigenvalue weighted by Gasteiger charge is -2.22. The normalized spacial score (nSPS) is 15.8. The number of hydrogen-bond donors (Lipinski definition) is 1. The second-order valence-corrected chi connectivity index (χ2v) is 8.73. The maximum Gasteiger partial charge on any atom is 0.194 e. The van der Waals surface area contributed by atoms with Crippen molar-refractivity contribution < 1.29 is 4.74 Å². The van der Waals surface area contributed by atoms with Gasteiger partial charge in [0.1, 0.15) is 0 Å². The van der Waals surface area contributed by atoms with E-state index in [0.717, 1.165) is 45.2 Å². The van der Waals surface area contributed by atoms with Gasteiger partial charge in [-0.1, -0.05) is 0 Å². The van der Waals surface area contributed by atoms with Crippen molar-refractivity contribution in [1.82, 2.24) is 10.2 Å². The average molecular weight is 530 g/mol. The number of rotatable bonds is 9. The minimum Gasteiger partial charge on any atom is -0.382 e. The summed E-state index contributed by atoms with van der Waals surface area (Å²) in [4.78, 5) is 8.44. The zero-order valence-corrected chi connectivity index (χ0v) is 19.5. The summed E-state index contributed by atoms with van der Waals surface area (Å²) in [6.07, 6.45) is 3.69. The highest BCUT2D eigenvalue weighted by molar-refractivity contribution is 14.0. The topological polar surface area (TPSA) is 36.9 Å². The Morgan fingerprint density at radius 3 is 2.71 bits per heavy atom. The molecule has 1 aromatic rings. The monoisotopic (exact) mass is 529 g/mol. The third-order valence-corrected chi connectivity index (χ3v) is 5.83. The molecule has 0 aliphatic heterocycles. The lowest BCUT2D eigenvalue weighted by Crippen LogP contribution is -2.38. The number of nitrogens with zero attached hydrogens (tertiary/aromatic N) is 2. The second-order valence-electron chi connectivity index (χ2n) is 6.18. The highest BCUT2D eigenvalue weighted by atomic mass is 127. The molecule has 4 nitrogen and oxygen atoms in total. The van der Waals surface area contributed by atoms with Crippen LogP contribution in [0.3, 0.4) is 0 Å². The highest BCUT2D eigenvalue weighted by Gasteiger charge is 2.42. The van der Waals surface area contributed by atoms with E-state index in [0.29, 0.717) is 5.41 Å². The zero-order valence-electron chi connectivity index (χ0n) is 14.8. The predicted octanol–water partition coefficient (Wildman–Crippen LogP) is 4.73. The first-order valence-corrected chi connectivity index (χ1v) is 10.0. The lowest BCUT2D eigenvalue weighted by atomic mass is 10.0. The molecule has 0 saturated heterocycles. The molecule has 1 N–H and O–H groups in total. The van der Waals surface area contributed by atoms with Gasteiger partial charge in [0, 0.05) is 38.2 Å². The van der Waals surface area contributed by atoms with Gasteiger partial charge in [0.25, 0.3) is 0 Å². The Morgan fingerprint density at radius 2 is 2.17 bits per heavy atom. The van der Waals surface area contributed by atoms with E-state index in [1.165, 1.54) is 21.5 Å². The Hall–Kier alpha value is 0.140. The lowest BCUT2D eigenvalue weighted by molar-refractivity contribution is 0.129. The fraction of sp³-hybridized carbons (Fsp3) is 0.706. The van der Waals surface area contributed by atoms with Gasteiger partial charge in [-0.25, -0.2) is 0 Å². The van der Waals surface area contributed by atoms with E-state index >= 15 is 0 Å². The minimum atomic E-state index is 0. The molecule has 1 aliphatic carbocycles.